The number of nitrogens with two attached hydrogens (primary N) is 1. The van der Waals surface area contributed by atoms with Gasteiger partial charge in [0.05, 0.1) is 17.6 Å². The van der Waals surface area contributed by atoms with Crippen LogP contribution in [0.3, 0.4) is 0 Å². The summed E-state index contributed by atoms with van der Waals surface area (Å²) in [5.41, 5.74) is 1.72. The maximum absolute atomic E-state index is 12.3. The number of aliphatic hydroxyl groups is 1. The highest BCUT2D eigenvalue weighted by Gasteiger charge is 2.27. The van der Waals surface area contributed by atoms with Gasteiger partial charge in [-0.1, -0.05) is 6.07 Å². The third-order valence-corrected chi connectivity index (χ3v) is 2.79. The second-order valence-corrected chi connectivity index (χ2v) is 4.40. The lowest BCUT2D eigenvalue weighted by Gasteiger charge is -2.20. The molecule has 9 nitrogen and oxygen atoms in total. The molecule has 0 saturated carbocycles. The van der Waals surface area contributed by atoms with Crippen LogP contribution in [0.2, 0.25) is 0 Å². The Labute approximate surface area is 121 Å². The van der Waals surface area contributed by atoms with Crippen molar-refractivity contribution < 1.29 is 19.6 Å². The van der Waals surface area contributed by atoms with Crippen LogP contribution >= 0.6 is 0 Å². The highest BCUT2D eigenvalue weighted by molar-refractivity contribution is 6.00. The minimum absolute atomic E-state index is 0.00981. The summed E-state index contributed by atoms with van der Waals surface area (Å²) < 4.78 is 4.77. The van der Waals surface area contributed by atoms with Crippen molar-refractivity contribution in [2.45, 2.75) is 6.10 Å². The highest BCUT2D eigenvalue weighted by Crippen LogP contribution is 2.28. The number of carbonyl (C=O) groups excluding carboxylic acids is 1. The Kier molecular flexibility index (Phi) is 6.03. The number of hydrogen-bond acceptors (Lipinski definition) is 7. The van der Waals surface area contributed by atoms with Gasteiger partial charge in [-0.2, -0.15) is 0 Å². The Morgan fingerprint density at radius 1 is 1.62 bits per heavy atom. The van der Waals surface area contributed by atoms with E-state index < -0.39 is 22.6 Å². The SMILES string of the molecule is COCC(O)CN(C)C(=O)c1cccc(NN)c1[N+](=O)[O-]. The molecule has 21 heavy (non-hydrogen) atoms. The van der Waals surface area contributed by atoms with Crippen LogP contribution < -0.4 is 11.3 Å². The van der Waals surface area contributed by atoms with E-state index in [-0.39, 0.29) is 24.4 Å². The molecule has 1 aromatic carbocycles. The monoisotopic (exact) mass is 298 g/mol. The molecule has 0 bridgehead atoms. The number of benzene rings is 1. The lowest BCUT2D eigenvalue weighted by atomic mass is 10.1. The number of amides is 1. The first kappa shape index (κ1) is 16.8. The quantitative estimate of drug-likeness (QED) is 0.365. The molecule has 1 amide bonds. The molecule has 0 aliphatic carbocycles. The average Bonchev–Trinajstić information content (AvgIpc) is 2.45. The van der Waals surface area contributed by atoms with Gasteiger partial charge in [0, 0.05) is 20.7 Å². The molecule has 0 aliphatic heterocycles. The molecule has 0 aromatic heterocycles. The van der Waals surface area contributed by atoms with Crippen LogP contribution in [0.1, 0.15) is 10.4 Å². The summed E-state index contributed by atoms with van der Waals surface area (Å²) in [6.45, 7) is 0.0498. The maximum atomic E-state index is 12.3. The predicted molar refractivity (Wildman–Crippen MR) is 75.7 cm³/mol. The van der Waals surface area contributed by atoms with Crippen molar-refractivity contribution in [2.24, 2.45) is 5.84 Å². The zero-order chi connectivity index (χ0) is 16.0. The van der Waals surface area contributed by atoms with E-state index in [9.17, 15) is 20.0 Å². The standard InChI is InChI=1S/C12H18N4O5/c1-15(6-8(17)7-21-2)12(18)9-4-3-5-10(14-13)11(9)16(19)20/h3-5,8,14,17H,6-7,13H2,1-2H3. The molecule has 0 aliphatic rings. The van der Waals surface area contributed by atoms with E-state index in [1.165, 1.54) is 37.3 Å². The van der Waals surface area contributed by atoms with E-state index in [4.69, 9.17) is 10.6 Å². The molecule has 1 rings (SSSR count). The first-order valence-electron chi connectivity index (χ1n) is 6.08. The molecule has 1 unspecified atom stereocenters. The van der Waals surface area contributed by atoms with Gasteiger partial charge in [0.15, 0.2) is 0 Å². The summed E-state index contributed by atoms with van der Waals surface area (Å²) in [5.74, 6) is 4.63. The molecule has 4 N–H and O–H groups in total. The highest BCUT2D eigenvalue weighted by atomic mass is 16.6. The topological polar surface area (TPSA) is 131 Å². The number of nitro benzene ring substituents is 1. The van der Waals surface area contributed by atoms with E-state index in [0.717, 1.165) is 0 Å². The van der Waals surface area contributed by atoms with Crippen LogP contribution in [0.15, 0.2) is 18.2 Å². The van der Waals surface area contributed by atoms with Crippen LogP contribution in [-0.4, -0.2) is 54.3 Å². The van der Waals surface area contributed by atoms with Crippen molar-refractivity contribution in [1.29, 1.82) is 0 Å². The molecule has 116 valence electrons. The zero-order valence-electron chi connectivity index (χ0n) is 11.8. The molecule has 1 atom stereocenters. The number of aliphatic hydroxyl groups excluding tert-OH is 1. The van der Waals surface area contributed by atoms with Gasteiger partial charge in [-0.3, -0.25) is 20.8 Å². The number of rotatable bonds is 7. The lowest BCUT2D eigenvalue weighted by molar-refractivity contribution is -0.384. The Hall–Kier alpha value is -2.23. The molecular formula is C12H18N4O5. The molecule has 0 fully saturated rings. The summed E-state index contributed by atoms with van der Waals surface area (Å²) in [7, 11) is 2.86. The largest absolute Gasteiger partial charge is 0.389 e. The fourth-order valence-electron chi connectivity index (χ4n) is 1.88. The molecular weight excluding hydrogens is 280 g/mol. The van der Waals surface area contributed by atoms with E-state index in [1.807, 2.05) is 0 Å². The van der Waals surface area contributed by atoms with E-state index in [0.29, 0.717) is 0 Å². The van der Waals surface area contributed by atoms with Gasteiger partial charge in [-0.15, -0.1) is 0 Å². The Bertz CT molecular complexity index is 522. The average molecular weight is 298 g/mol. The van der Waals surface area contributed by atoms with Crippen molar-refractivity contribution >= 4 is 17.3 Å². The number of para-hydroxylation sites is 1. The van der Waals surface area contributed by atoms with Gasteiger partial charge in [0.25, 0.3) is 5.91 Å². The number of ether oxygens (including phenoxy) is 1. The summed E-state index contributed by atoms with van der Waals surface area (Å²) in [4.78, 5) is 23.9. The summed E-state index contributed by atoms with van der Waals surface area (Å²) in [6.07, 6.45) is -0.876. The second-order valence-electron chi connectivity index (χ2n) is 4.40. The third kappa shape index (κ3) is 4.12. The maximum Gasteiger partial charge on any atom is 0.306 e. The number of nitrogens with zero attached hydrogens (tertiary/aromatic N) is 2. The molecule has 0 heterocycles. The zero-order valence-corrected chi connectivity index (χ0v) is 11.8. The Morgan fingerprint density at radius 2 is 2.29 bits per heavy atom. The van der Waals surface area contributed by atoms with Gasteiger partial charge < -0.3 is 20.2 Å². The number of nitrogens with one attached hydrogen (secondary N) is 1. The smallest absolute Gasteiger partial charge is 0.306 e. The van der Waals surface area contributed by atoms with E-state index in [2.05, 4.69) is 5.43 Å². The number of anilines is 1. The summed E-state index contributed by atoms with van der Waals surface area (Å²) in [6, 6.07) is 4.21. The van der Waals surface area contributed by atoms with Crippen LogP contribution in [-0.2, 0) is 4.74 Å². The van der Waals surface area contributed by atoms with Gasteiger partial charge in [-0.25, -0.2) is 0 Å². The number of nitro groups is 1. The van der Waals surface area contributed by atoms with Crippen molar-refractivity contribution in [3.05, 3.63) is 33.9 Å². The number of nitrogen functional groups attached to an aromatic ring is 1. The molecule has 0 radical (unpaired) electrons. The molecule has 1 aromatic rings. The van der Waals surface area contributed by atoms with Crippen molar-refractivity contribution in [3.8, 4) is 0 Å². The van der Waals surface area contributed by atoms with Crippen LogP contribution in [0.5, 0.6) is 0 Å². The summed E-state index contributed by atoms with van der Waals surface area (Å²) in [5, 5.41) is 20.7. The second kappa shape index (κ2) is 7.53. The van der Waals surface area contributed by atoms with Crippen LogP contribution in [0.25, 0.3) is 0 Å². The third-order valence-electron chi connectivity index (χ3n) is 2.79. The molecule has 0 spiro atoms. The predicted octanol–water partition coefficient (Wildman–Crippen LogP) is -0.0403. The summed E-state index contributed by atoms with van der Waals surface area (Å²) >= 11 is 0. The van der Waals surface area contributed by atoms with Crippen molar-refractivity contribution in [1.82, 2.24) is 4.90 Å². The van der Waals surface area contributed by atoms with Crippen molar-refractivity contribution in [3.63, 3.8) is 0 Å². The number of carbonyl (C=O) groups is 1. The number of hydrogen-bond donors (Lipinski definition) is 3. The van der Waals surface area contributed by atoms with Crippen molar-refractivity contribution in [2.75, 3.05) is 32.7 Å². The van der Waals surface area contributed by atoms with E-state index in [1.54, 1.807) is 0 Å². The minimum atomic E-state index is -0.876. The Morgan fingerprint density at radius 3 is 2.81 bits per heavy atom. The number of hydrazine groups is 1. The fourth-order valence-corrected chi connectivity index (χ4v) is 1.88. The first-order chi connectivity index (χ1) is 9.92. The number of likely N-dealkylation sites (N-methyl/N-ethyl adjacent to an activating group) is 1. The molecule has 9 heteroatoms. The fraction of sp³-hybridized carbons (Fsp3) is 0.417. The first-order valence-corrected chi connectivity index (χ1v) is 6.08. The van der Waals surface area contributed by atoms with Crippen LogP contribution in [0, 0.1) is 10.1 Å². The molecule has 0 saturated heterocycles. The lowest BCUT2D eigenvalue weighted by Crippen LogP contribution is -2.36. The van der Waals surface area contributed by atoms with Crippen LogP contribution in [0.4, 0.5) is 11.4 Å². The van der Waals surface area contributed by atoms with Gasteiger partial charge in [0.1, 0.15) is 11.3 Å². The van der Waals surface area contributed by atoms with E-state index >= 15 is 0 Å². The number of methoxy groups -OCH3 is 1. The Balaban J connectivity index is 3.04. The van der Waals surface area contributed by atoms with Gasteiger partial charge >= 0.3 is 5.69 Å². The van der Waals surface area contributed by atoms with Gasteiger partial charge in [-0.05, 0) is 12.1 Å². The minimum Gasteiger partial charge on any atom is -0.389 e. The van der Waals surface area contributed by atoms with Gasteiger partial charge in [0.2, 0.25) is 0 Å². The normalized spacial score (nSPS) is 11.8.